The van der Waals surface area contributed by atoms with Gasteiger partial charge < -0.3 is 15.2 Å². The van der Waals surface area contributed by atoms with Crippen LogP contribution in [-0.4, -0.2) is 37.4 Å². The van der Waals surface area contributed by atoms with Gasteiger partial charge in [0, 0.05) is 20.0 Å². The van der Waals surface area contributed by atoms with Crippen molar-refractivity contribution >= 4 is 18.4 Å². The number of morpholine rings is 1. The summed E-state index contributed by atoms with van der Waals surface area (Å²) in [6, 6.07) is 0. The molecule has 1 aliphatic heterocycles. The van der Waals surface area contributed by atoms with E-state index in [4.69, 9.17) is 14.6 Å². The normalized spacial score (nSPS) is 15.4. The summed E-state index contributed by atoms with van der Waals surface area (Å²) in [4.78, 5) is 9.00. The molecule has 2 N–H and O–H groups in total. The zero-order chi connectivity index (χ0) is 7.82. The first-order chi connectivity index (χ1) is 4.73. The number of carbonyl (C=O) groups is 1. The lowest BCUT2D eigenvalue weighted by molar-refractivity contribution is -0.134. The van der Waals surface area contributed by atoms with Crippen molar-refractivity contribution in [2.45, 2.75) is 6.92 Å². The number of rotatable bonds is 0. The fourth-order valence-electron chi connectivity index (χ4n) is 0.516. The highest BCUT2D eigenvalue weighted by Gasteiger charge is 1.92. The van der Waals surface area contributed by atoms with Crippen molar-refractivity contribution in [3.63, 3.8) is 0 Å². The quantitative estimate of drug-likeness (QED) is 0.560. The summed E-state index contributed by atoms with van der Waals surface area (Å²) in [6.45, 7) is 4.92. The van der Waals surface area contributed by atoms with Crippen LogP contribution in [0.15, 0.2) is 0 Å². The van der Waals surface area contributed by atoms with Crippen LogP contribution in [0.3, 0.4) is 0 Å². The molecule has 0 saturated carbocycles. The largest absolute Gasteiger partial charge is 0.481 e. The van der Waals surface area contributed by atoms with E-state index in [0.717, 1.165) is 33.2 Å². The predicted octanol–water partition coefficient (Wildman–Crippen LogP) is 0.119. The van der Waals surface area contributed by atoms with E-state index in [1.807, 2.05) is 0 Å². The molecule has 0 aromatic heterocycles. The van der Waals surface area contributed by atoms with Gasteiger partial charge in [-0.3, -0.25) is 4.79 Å². The van der Waals surface area contributed by atoms with Gasteiger partial charge in [0.05, 0.1) is 13.2 Å². The third-order valence-corrected chi connectivity index (χ3v) is 0.846. The molecule has 0 aromatic rings. The Morgan fingerprint density at radius 2 is 1.82 bits per heavy atom. The van der Waals surface area contributed by atoms with Crippen molar-refractivity contribution in [3.05, 3.63) is 0 Å². The first-order valence-electron chi connectivity index (χ1n) is 3.21. The van der Waals surface area contributed by atoms with Crippen LogP contribution in [0.2, 0.25) is 0 Å². The monoisotopic (exact) mass is 183 g/mol. The average Bonchev–Trinajstić information content (AvgIpc) is 1.90. The zero-order valence-electron chi connectivity index (χ0n) is 6.50. The average molecular weight is 184 g/mol. The van der Waals surface area contributed by atoms with Crippen LogP contribution in [-0.2, 0) is 9.53 Å². The lowest BCUT2D eigenvalue weighted by atomic mass is 10.5. The molecule has 11 heavy (non-hydrogen) atoms. The van der Waals surface area contributed by atoms with E-state index in [-0.39, 0.29) is 12.4 Å². The number of nitrogens with one attached hydrogen (secondary N) is 1. The molecule has 68 valence electrons. The molecule has 0 amide bonds. The van der Waals surface area contributed by atoms with Gasteiger partial charge in [-0.15, -0.1) is 12.4 Å². The third kappa shape index (κ3) is 17.7. The summed E-state index contributed by atoms with van der Waals surface area (Å²) in [5.74, 6) is -0.833. The van der Waals surface area contributed by atoms with Crippen molar-refractivity contribution in [1.29, 1.82) is 0 Å². The summed E-state index contributed by atoms with van der Waals surface area (Å²) < 4.78 is 5.01. The van der Waals surface area contributed by atoms with Crippen LogP contribution in [0.1, 0.15) is 6.92 Å². The molecular weight excluding hydrogens is 170 g/mol. The van der Waals surface area contributed by atoms with Gasteiger partial charge in [-0.1, -0.05) is 0 Å². The van der Waals surface area contributed by atoms with Crippen molar-refractivity contribution in [2.75, 3.05) is 26.3 Å². The summed E-state index contributed by atoms with van der Waals surface area (Å²) in [5.41, 5.74) is 0. The Kier molecular flexibility index (Phi) is 11.7. The second-order valence-electron chi connectivity index (χ2n) is 1.88. The molecule has 0 radical (unpaired) electrons. The highest BCUT2D eigenvalue weighted by molar-refractivity contribution is 5.85. The minimum absolute atomic E-state index is 0. The number of carboxylic acid groups (broad SMARTS) is 1. The molecule has 5 heteroatoms. The van der Waals surface area contributed by atoms with Crippen LogP contribution in [0.4, 0.5) is 0 Å². The van der Waals surface area contributed by atoms with Gasteiger partial charge in [0.1, 0.15) is 0 Å². The number of aliphatic carboxylic acids is 1. The number of carboxylic acids is 1. The summed E-state index contributed by atoms with van der Waals surface area (Å²) >= 11 is 0. The second-order valence-corrected chi connectivity index (χ2v) is 1.88. The van der Waals surface area contributed by atoms with Gasteiger partial charge >= 0.3 is 0 Å². The number of ether oxygens (including phenoxy) is 1. The lowest BCUT2D eigenvalue weighted by Gasteiger charge is -2.10. The molecule has 0 aliphatic carbocycles. The minimum atomic E-state index is -0.833. The van der Waals surface area contributed by atoms with E-state index in [1.54, 1.807) is 0 Å². The standard InChI is InChI=1S/C4H9NO.C2H4O2.ClH/c1-3-6-4-2-5-1;1-2(3)4;/h5H,1-4H2;1H3,(H,3,4);1H. The van der Waals surface area contributed by atoms with Crippen molar-refractivity contribution in [2.24, 2.45) is 0 Å². The smallest absolute Gasteiger partial charge is 0.300 e. The van der Waals surface area contributed by atoms with E-state index in [2.05, 4.69) is 5.32 Å². The van der Waals surface area contributed by atoms with Gasteiger partial charge in [0.25, 0.3) is 5.97 Å². The molecule has 1 heterocycles. The topological polar surface area (TPSA) is 58.6 Å². The maximum absolute atomic E-state index is 9.00. The minimum Gasteiger partial charge on any atom is -0.481 e. The van der Waals surface area contributed by atoms with Crippen LogP contribution >= 0.6 is 12.4 Å². The maximum Gasteiger partial charge on any atom is 0.300 e. The van der Waals surface area contributed by atoms with E-state index >= 15 is 0 Å². The Labute approximate surface area is 72.3 Å². The van der Waals surface area contributed by atoms with E-state index in [9.17, 15) is 0 Å². The summed E-state index contributed by atoms with van der Waals surface area (Å²) in [7, 11) is 0. The lowest BCUT2D eigenvalue weighted by Crippen LogP contribution is -2.30. The van der Waals surface area contributed by atoms with Crippen LogP contribution in [0.5, 0.6) is 0 Å². The van der Waals surface area contributed by atoms with Gasteiger partial charge in [-0.25, -0.2) is 0 Å². The van der Waals surface area contributed by atoms with Crippen LogP contribution in [0.25, 0.3) is 0 Å². The third-order valence-electron chi connectivity index (χ3n) is 0.846. The maximum atomic E-state index is 9.00. The van der Waals surface area contributed by atoms with Crippen molar-refractivity contribution in [1.82, 2.24) is 5.32 Å². The Bertz CT molecular complexity index is 80.3. The Morgan fingerprint density at radius 1 is 1.45 bits per heavy atom. The van der Waals surface area contributed by atoms with Crippen molar-refractivity contribution in [3.8, 4) is 0 Å². The van der Waals surface area contributed by atoms with Gasteiger partial charge in [-0.05, 0) is 0 Å². The molecule has 1 saturated heterocycles. The van der Waals surface area contributed by atoms with Crippen molar-refractivity contribution < 1.29 is 14.6 Å². The van der Waals surface area contributed by atoms with Gasteiger partial charge in [0.15, 0.2) is 0 Å². The summed E-state index contributed by atoms with van der Waals surface area (Å²) in [5, 5.41) is 10.6. The Hall–Kier alpha value is -0.320. The summed E-state index contributed by atoms with van der Waals surface area (Å²) in [6.07, 6.45) is 0. The van der Waals surface area contributed by atoms with Gasteiger partial charge in [-0.2, -0.15) is 0 Å². The Balaban J connectivity index is 0. The highest BCUT2D eigenvalue weighted by atomic mass is 35.5. The fraction of sp³-hybridized carbons (Fsp3) is 0.833. The fourth-order valence-corrected chi connectivity index (χ4v) is 0.516. The number of hydrogen-bond acceptors (Lipinski definition) is 3. The SMILES string of the molecule is C1COCCN1.CC(=O)O.Cl. The molecule has 4 nitrogen and oxygen atoms in total. The molecule has 0 bridgehead atoms. The molecule has 0 unspecified atom stereocenters. The molecular formula is C6H14ClNO3. The molecule has 0 spiro atoms. The van der Waals surface area contributed by atoms with E-state index in [0.29, 0.717) is 0 Å². The molecule has 0 aromatic carbocycles. The molecule has 1 rings (SSSR count). The molecule has 1 fully saturated rings. The van der Waals surface area contributed by atoms with E-state index in [1.165, 1.54) is 0 Å². The van der Waals surface area contributed by atoms with Crippen LogP contribution in [0, 0.1) is 0 Å². The first-order valence-corrected chi connectivity index (χ1v) is 3.21. The Morgan fingerprint density at radius 3 is 1.91 bits per heavy atom. The van der Waals surface area contributed by atoms with Gasteiger partial charge in [0.2, 0.25) is 0 Å². The van der Waals surface area contributed by atoms with Crippen LogP contribution < -0.4 is 5.32 Å². The molecule has 0 atom stereocenters. The predicted molar refractivity (Wildman–Crippen MR) is 44.2 cm³/mol. The second kappa shape index (κ2) is 9.68. The van der Waals surface area contributed by atoms with E-state index < -0.39 is 5.97 Å². The molecule has 1 aliphatic rings. The first kappa shape index (κ1) is 13.3. The number of halogens is 1. The number of hydrogen-bond donors (Lipinski definition) is 2. The zero-order valence-corrected chi connectivity index (χ0v) is 7.32. The highest BCUT2D eigenvalue weighted by Crippen LogP contribution is 1.76.